The highest BCUT2D eigenvalue weighted by Gasteiger charge is 2.08. The van der Waals surface area contributed by atoms with Crippen molar-refractivity contribution in [3.05, 3.63) is 65.7 Å². The van der Waals surface area contributed by atoms with Crippen LogP contribution in [-0.4, -0.2) is 23.8 Å². The minimum Gasteiger partial charge on any atom is -0.491 e. The molecule has 0 heterocycles. The first-order valence-corrected chi connectivity index (χ1v) is 7.31. The van der Waals surface area contributed by atoms with E-state index in [9.17, 15) is 9.90 Å². The van der Waals surface area contributed by atoms with Gasteiger partial charge in [0.05, 0.1) is 11.7 Å². The van der Waals surface area contributed by atoms with Crippen LogP contribution in [0.25, 0.3) is 0 Å². The zero-order chi connectivity index (χ0) is 15.8. The van der Waals surface area contributed by atoms with Crippen molar-refractivity contribution >= 4 is 5.97 Å². The molecule has 0 saturated carbocycles. The molecule has 0 aliphatic carbocycles. The van der Waals surface area contributed by atoms with Crippen molar-refractivity contribution in [2.45, 2.75) is 26.1 Å². The Morgan fingerprint density at radius 1 is 1.09 bits per heavy atom. The van der Waals surface area contributed by atoms with E-state index in [0.717, 1.165) is 5.56 Å². The molecule has 0 amide bonds. The van der Waals surface area contributed by atoms with E-state index in [4.69, 9.17) is 9.47 Å². The molecule has 0 aliphatic rings. The Morgan fingerprint density at radius 2 is 1.77 bits per heavy atom. The van der Waals surface area contributed by atoms with Crippen LogP contribution in [0.3, 0.4) is 0 Å². The van der Waals surface area contributed by atoms with E-state index < -0.39 is 6.10 Å². The zero-order valence-electron chi connectivity index (χ0n) is 12.6. The highest BCUT2D eigenvalue weighted by Crippen LogP contribution is 2.14. The lowest BCUT2D eigenvalue weighted by atomic mass is 10.2. The molecule has 1 N–H and O–H groups in total. The quantitative estimate of drug-likeness (QED) is 0.798. The number of carbonyl (C=O) groups is 1. The molecular weight excluding hydrogens is 280 g/mol. The Labute approximate surface area is 130 Å². The Bertz CT molecular complexity index is 578. The molecule has 2 rings (SSSR count). The van der Waals surface area contributed by atoms with Crippen molar-refractivity contribution in [3.8, 4) is 5.75 Å². The Morgan fingerprint density at radius 3 is 2.41 bits per heavy atom. The van der Waals surface area contributed by atoms with Gasteiger partial charge in [-0.3, -0.25) is 0 Å². The molecule has 4 heteroatoms. The number of carbonyl (C=O) groups excluding carboxylic acids is 1. The molecule has 22 heavy (non-hydrogen) atoms. The van der Waals surface area contributed by atoms with Gasteiger partial charge in [-0.25, -0.2) is 4.79 Å². The molecule has 0 spiro atoms. The molecule has 2 aromatic rings. The summed E-state index contributed by atoms with van der Waals surface area (Å²) in [4.78, 5) is 11.9. The van der Waals surface area contributed by atoms with Crippen molar-refractivity contribution in [1.29, 1.82) is 0 Å². The number of ether oxygens (including phenoxy) is 2. The first-order chi connectivity index (χ1) is 10.7. The predicted molar refractivity (Wildman–Crippen MR) is 83.8 cm³/mol. The van der Waals surface area contributed by atoms with Crippen LogP contribution in [0.15, 0.2) is 54.6 Å². The lowest BCUT2D eigenvalue weighted by molar-refractivity contribution is 0.0472. The summed E-state index contributed by atoms with van der Waals surface area (Å²) < 4.78 is 10.7. The summed E-state index contributed by atoms with van der Waals surface area (Å²) in [5.74, 6) is 0.246. The van der Waals surface area contributed by atoms with Crippen molar-refractivity contribution in [3.63, 3.8) is 0 Å². The summed E-state index contributed by atoms with van der Waals surface area (Å²) in [6, 6.07) is 16.2. The second kappa shape index (κ2) is 8.20. The molecule has 0 radical (unpaired) electrons. The number of hydrogen-bond acceptors (Lipinski definition) is 4. The summed E-state index contributed by atoms with van der Waals surface area (Å²) in [6.07, 6.45) is 0.166. The summed E-state index contributed by atoms with van der Waals surface area (Å²) in [6.45, 7) is 2.38. The molecule has 1 atom stereocenters. The smallest absolute Gasteiger partial charge is 0.338 e. The number of aliphatic hydroxyl groups is 1. The summed E-state index contributed by atoms with van der Waals surface area (Å²) in [7, 11) is 0. The fourth-order valence-electron chi connectivity index (χ4n) is 1.80. The SMILES string of the molecule is CC[C@H](O)COc1ccc(C(=O)OCc2ccccc2)cc1. The molecule has 116 valence electrons. The van der Waals surface area contributed by atoms with Gasteiger partial charge in [-0.15, -0.1) is 0 Å². The van der Waals surface area contributed by atoms with Gasteiger partial charge in [-0.2, -0.15) is 0 Å². The van der Waals surface area contributed by atoms with Crippen LogP contribution < -0.4 is 4.74 Å². The second-order valence-electron chi connectivity index (χ2n) is 4.96. The minimum atomic E-state index is -0.476. The number of hydrogen-bond donors (Lipinski definition) is 1. The van der Waals surface area contributed by atoms with Crippen LogP contribution in [0.2, 0.25) is 0 Å². The van der Waals surface area contributed by atoms with E-state index in [1.165, 1.54) is 0 Å². The maximum Gasteiger partial charge on any atom is 0.338 e. The molecule has 0 aromatic heterocycles. The number of benzene rings is 2. The lowest BCUT2D eigenvalue weighted by Gasteiger charge is -2.10. The Balaban J connectivity index is 1.85. The lowest BCUT2D eigenvalue weighted by Crippen LogP contribution is -2.16. The second-order valence-corrected chi connectivity index (χ2v) is 4.96. The third-order valence-corrected chi connectivity index (χ3v) is 3.22. The van der Waals surface area contributed by atoms with Crippen LogP contribution >= 0.6 is 0 Å². The van der Waals surface area contributed by atoms with E-state index in [2.05, 4.69) is 0 Å². The van der Waals surface area contributed by atoms with Gasteiger partial charge >= 0.3 is 5.97 Å². The topological polar surface area (TPSA) is 55.8 Å². The van der Waals surface area contributed by atoms with Gasteiger partial charge in [0, 0.05) is 0 Å². The molecule has 0 bridgehead atoms. The molecule has 0 saturated heterocycles. The number of aliphatic hydroxyl groups excluding tert-OH is 1. The van der Waals surface area contributed by atoms with Gasteiger partial charge in [-0.1, -0.05) is 37.3 Å². The maximum absolute atomic E-state index is 11.9. The maximum atomic E-state index is 11.9. The van der Waals surface area contributed by atoms with Crippen LogP contribution in [0.5, 0.6) is 5.75 Å². The van der Waals surface area contributed by atoms with Gasteiger partial charge in [0.1, 0.15) is 19.0 Å². The zero-order valence-corrected chi connectivity index (χ0v) is 12.6. The van der Waals surface area contributed by atoms with Crippen LogP contribution in [0, 0.1) is 0 Å². The third-order valence-electron chi connectivity index (χ3n) is 3.22. The van der Waals surface area contributed by atoms with E-state index in [1.54, 1.807) is 24.3 Å². The molecule has 2 aromatic carbocycles. The molecule has 4 nitrogen and oxygen atoms in total. The van der Waals surface area contributed by atoms with Crippen LogP contribution in [0.1, 0.15) is 29.3 Å². The summed E-state index contributed by atoms with van der Waals surface area (Å²) in [5.41, 5.74) is 1.42. The highest BCUT2D eigenvalue weighted by atomic mass is 16.5. The monoisotopic (exact) mass is 300 g/mol. The van der Waals surface area contributed by atoms with Crippen molar-refractivity contribution in [2.24, 2.45) is 0 Å². The van der Waals surface area contributed by atoms with Gasteiger partial charge < -0.3 is 14.6 Å². The van der Waals surface area contributed by atoms with E-state index in [0.29, 0.717) is 17.7 Å². The summed E-state index contributed by atoms with van der Waals surface area (Å²) in [5, 5.41) is 9.44. The number of rotatable bonds is 7. The first-order valence-electron chi connectivity index (χ1n) is 7.31. The van der Waals surface area contributed by atoms with Crippen molar-refractivity contribution < 1.29 is 19.4 Å². The van der Waals surface area contributed by atoms with Crippen molar-refractivity contribution in [1.82, 2.24) is 0 Å². The minimum absolute atomic E-state index is 0.244. The highest BCUT2D eigenvalue weighted by molar-refractivity contribution is 5.89. The van der Waals surface area contributed by atoms with Gasteiger partial charge in [0.15, 0.2) is 0 Å². The molecule has 0 aliphatic heterocycles. The molecular formula is C18H20O4. The van der Waals surface area contributed by atoms with E-state index in [-0.39, 0.29) is 19.2 Å². The summed E-state index contributed by atoms with van der Waals surface area (Å²) >= 11 is 0. The van der Waals surface area contributed by atoms with Crippen LogP contribution in [-0.2, 0) is 11.3 Å². The molecule has 0 fully saturated rings. The third kappa shape index (κ3) is 4.90. The van der Waals surface area contributed by atoms with Gasteiger partial charge in [-0.05, 0) is 36.2 Å². The van der Waals surface area contributed by atoms with Gasteiger partial charge in [0.2, 0.25) is 0 Å². The van der Waals surface area contributed by atoms with Crippen molar-refractivity contribution in [2.75, 3.05) is 6.61 Å². The fraction of sp³-hybridized carbons (Fsp3) is 0.278. The Hall–Kier alpha value is -2.33. The standard InChI is InChI=1S/C18H20O4/c1-2-16(19)13-21-17-10-8-15(9-11-17)18(20)22-12-14-6-4-3-5-7-14/h3-11,16,19H,2,12-13H2,1H3/t16-/m0/s1. The largest absolute Gasteiger partial charge is 0.491 e. The number of esters is 1. The first kappa shape index (κ1) is 16.0. The van der Waals surface area contributed by atoms with E-state index in [1.807, 2.05) is 37.3 Å². The average Bonchev–Trinajstić information content (AvgIpc) is 2.59. The van der Waals surface area contributed by atoms with Crippen LogP contribution in [0.4, 0.5) is 0 Å². The predicted octanol–water partition coefficient (Wildman–Crippen LogP) is 3.19. The average molecular weight is 300 g/mol. The van der Waals surface area contributed by atoms with E-state index >= 15 is 0 Å². The fourth-order valence-corrected chi connectivity index (χ4v) is 1.80. The Kier molecular flexibility index (Phi) is 5.98. The normalized spacial score (nSPS) is 11.7. The molecule has 0 unspecified atom stereocenters. The van der Waals surface area contributed by atoms with Gasteiger partial charge in [0.25, 0.3) is 0 Å².